The van der Waals surface area contributed by atoms with Crippen LogP contribution in [0.4, 0.5) is 0 Å². The lowest BCUT2D eigenvalue weighted by molar-refractivity contribution is 0.0702. The van der Waals surface area contributed by atoms with Gasteiger partial charge in [0.1, 0.15) is 16.2 Å². The van der Waals surface area contributed by atoms with Crippen LogP contribution in [0.2, 0.25) is 5.02 Å². The second-order valence-electron chi connectivity index (χ2n) is 6.60. The summed E-state index contributed by atoms with van der Waals surface area (Å²) in [5, 5.41) is 10.4. The third-order valence-corrected chi connectivity index (χ3v) is 6.29. The molecule has 7 heteroatoms. The molecule has 0 saturated carbocycles. The number of carboxylic acids is 1. The van der Waals surface area contributed by atoms with Crippen LogP contribution in [0.3, 0.4) is 0 Å². The number of benzene rings is 1. The Balaban J connectivity index is 1.83. The zero-order valence-corrected chi connectivity index (χ0v) is 16.8. The van der Waals surface area contributed by atoms with Gasteiger partial charge in [0, 0.05) is 22.2 Å². The molecule has 0 fully saturated rings. The molecule has 3 aromatic heterocycles. The second-order valence-corrected chi connectivity index (χ2v) is 8.03. The molecule has 0 spiro atoms. The van der Waals surface area contributed by atoms with Crippen molar-refractivity contribution >= 4 is 50.2 Å². The van der Waals surface area contributed by atoms with Gasteiger partial charge in [-0.3, -0.25) is 0 Å². The highest BCUT2D eigenvalue weighted by molar-refractivity contribution is 7.21. The van der Waals surface area contributed by atoms with Gasteiger partial charge >= 0.3 is 5.97 Å². The van der Waals surface area contributed by atoms with Crippen molar-refractivity contribution in [2.45, 2.75) is 33.7 Å². The van der Waals surface area contributed by atoms with Gasteiger partial charge in [-0.2, -0.15) is 0 Å². The van der Waals surface area contributed by atoms with Gasteiger partial charge in [0.15, 0.2) is 5.65 Å². The Kier molecular flexibility index (Phi) is 4.40. The summed E-state index contributed by atoms with van der Waals surface area (Å²) in [6.45, 7) is 6.76. The van der Waals surface area contributed by atoms with E-state index in [1.54, 1.807) is 0 Å². The van der Waals surface area contributed by atoms with Crippen LogP contribution >= 0.6 is 22.9 Å². The van der Waals surface area contributed by atoms with Gasteiger partial charge in [-0.15, -0.1) is 11.3 Å². The van der Waals surface area contributed by atoms with Crippen molar-refractivity contribution in [1.82, 2.24) is 14.5 Å². The largest absolute Gasteiger partial charge is 0.477 e. The number of aromatic nitrogens is 3. The molecular formula is C20H18ClN3O2S. The number of aryl methyl sites for hydroxylation is 3. The molecule has 0 aliphatic heterocycles. The molecule has 0 atom stereocenters. The monoisotopic (exact) mass is 399 g/mol. The molecule has 1 aromatic carbocycles. The Bertz CT molecular complexity index is 1210. The molecule has 138 valence electrons. The lowest BCUT2D eigenvalue weighted by Crippen LogP contribution is -2.05. The predicted molar refractivity (Wildman–Crippen MR) is 109 cm³/mol. The zero-order chi connectivity index (χ0) is 19.3. The Morgan fingerprint density at radius 3 is 2.74 bits per heavy atom. The standard InChI is InChI=1S/C20H18ClN3O2S/c1-4-15-23-17-10(2)7-11(3)22-19(17)24(15)9-12-5-6-13-14(8-12)27-18(16(13)21)20(25)26/h5-8H,4,9H2,1-3H3,(H,25,26). The minimum absolute atomic E-state index is 0.180. The Labute approximate surface area is 165 Å². The van der Waals surface area contributed by atoms with E-state index in [2.05, 4.69) is 18.4 Å². The molecule has 27 heavy (non-hydrogen) atoms. The van der Waals surface area contributed by atoms with Gasteiger partial charge in [0.05, 0.1) is 11.6 Å². The van der Waals surface area contributed by atoms with Crippen LogP contribution in [-0.4, -0.2) is 25.6 Å². The van der Waals surface area contributed by atoms with Crippen molar-refractivity contribution in [3.8, 4) is 0 Å². The normalized spacial score (nSPS) is 11.6. The molecule has 5 nitrogen and oxygen atoms in total. The summed E-state index contributed by atoms with van der Waals surface area (Å²) in [5.41, 5.74) is 4.98. The Hall–Kier alpha value is -2.44. The van der Waals surface area contributed by atoms with Gasteiger partial charge in [-0.05, 0) is 37.1 Å². The smallest absolute Gasteiger partial charge is 0.347 e. The molecule has 0 bridgehead atoms. The summed E-state index contributed by atoms with van der Waals surface area (Å²) in [5.74, 6) is -0.00601. The fraction of sp³-hybridized carbons (Fsp3) is 0.250. The maximum Gasteiger partial charge on any atom is 0.347 e. The van der Waals surface area contributed by atoms with Crippen LogP contribution in [0.5, 0.6) is 0 Å². The first-order valence-corrected chi connectivity index (χ1v) is 9.86. The molecule has 0 radical (unpaired) electrons. The predicted octanol–water partition coefficient (Wildman–Crippen LogP) is 5.23. The van der Waals surface area contributed by atoms with Crippen molar-refractivity contribution in [2.24, 2.45) is 0 Å². The number of halogens is 1. The Morgan fingerprint density at radius 2 is 2.04 bits per heavy atom. The third kappa shape index (κ3) is 2.99. The number of aromatic carboxylic acids is 1. The molecule has 0 unspecified atom stereocenters. The third-order valence-electron chi connectivity index (χ3n) is 4.65. The molecule has 0 amide bonds. The fourth-order valence-corrected chi connectivity index (χ4v) is 4.83. The number of carboxylic acid groups (broad SMARTS) is 1. The Morgan fingerprint density at radius 1 is 1.26 bits per heavy atom. The molecule has 0 aliphatic rings. The maximum absolute atomic E-state index is 11.3. The van der Waals surface area contributed by atoms with Crippen LogP contribution < -0.4 is 0 Å². The van der Waals surface area contributed by atoms with Gasteiger partial charge in [-0.1, -0.05) is 30.7 Å². The van der Waals surface area contributed by atoms with E-state index in [0.29, 0.717) is 11.6 Å². The van der Waals surface area contributed by atoms with Crippen molar-refractivity contribution in [1.29, 1.82) is 0 Å². The van der Waals surface area contributed by atoms with Crippen molar-refractivity contribution < 1.29 is 9.90 Å². The number of imidazole rings is 1. The number of carbonyl (C=O) groups is 1. The van der Waals surface area contributed by atoms with Gasteiger partial charge in [0.25, 0.3) is 0 Å². The van der Waals surface area contributed by atoms with Gasteiger partial charge in [-0.25, -0.2) is 14.8 Å². The summed E-state index contributed by atoms with van der Waals surface area (Å²) >= 11 is 7.42. The molecule has 1 N–H and O–H groups in total. The number of rotatable bonds is 4. The highest BCUT2D eigenvalue weighted by Crippen LogP contribution is 2.36. The number of hydrogen-bond donors (Lipinski definition) is 1. The topological polar surface area (TPSA) is 68.0 Å². The highest BCUT2D eigenvalue weighted by Gasteiger charge is 2.17. The van der Waals surface area contributed by atoms with E-state index >= 15 is 0 Å². The first kappa shape index (κ1) is 17.9. The minimum Gasteiger partial charge on any atom is -0.477 e. The average molecular weight is 400 g/mol. The van der Waals surface area contributed by atoms with Crippen LogP contribution in [0.25, 0.3) is 21.3 Å². The summed E-state index contributed by atoms with van der Waals surface area (Å²) in [6.07, 6.45) is 0.811. The van der Waals surface area contributed by atoms with E-state index in [1.807, 2.05) is 31.2 Å². The van der Waals surface area contributed by atoms with Crippen molar-refractivity contribution in [3.63, 3.8) is 0 Å². The van der Waals surface area contributed by atoms with Crippen molar-refractivity contribution in [3.05, 3.63) is 56.8 Å². The van der Waals surface area contributed by atoms with Gasteiger partial charge in [0.2, 0.25) is 0 Å². The molecule has 3 heterocycles. The van der Waals surface area contributed by atoms with E-state index in [9.17, 15) is 9.90 Å². The van der Waals surface area contributed by atoms with Crippen molar-refractivity contribution in [2.75, 3.05) is 0 Å². The summed E-state index contributed by atoms with van der Waals surface area (Å²) in [4.78, 5) is 21.0. The summed E-state index contributed by atoms with van der Waals surface area (Å²) in [6, 6.07) is 7.93. The lowest BCUT2D eigenvalue weighted by Gasteiger charge is -2.09. The zero-order valence-electron chi connectivity index (χ0n) is 15.2. The molecule has 0 saturated heterocycles. The van der Waals surface area contributed by atoms with E-state index in [0.717, 1.165) is 50.3 Å². The number of fused-ring (bicyclic) bond motifs is 2. The first-order valence-electron chi connectivity index (χ1n) is 8.66. The van der Waals surface area contributed by atoms with E-state index in [4.69, 9.17) is 21.6 Å². The second kappa shape index (κ2) is 6.62. The molecule has 4 aromatic rings. The summed E-state index contributed by atoms with van der Waals surface area (Å²) in [7, 11) is 0. The summed E-state index contributed by atoms with van der Waals surface area (Å²) < 4.78 is 3.02. The van der Waals surface area contributed by atoms with Crippen LogP contribution in [-0.2, 0) is 13.0 Å². The van der Waals surface area contributed by atoms with E-state index in [1.165, 1.54) is 11.3 Å². The quantitative estimate of drug-likeness (QED) is 0.510. The minimum atomic E-state index is -0.994. The van der Waals surface area contributed by atoms with Gasteiger partial charge < -0.3 is 9.67 Å². The molecule has 0 aliphatic carbocycles. The molecule has 4 rings (SSSR count). The highest BCUT2D eigenvalue weighted by atomic mass is 35.5. The SMILES string of the molecule is CCc1nc2c(C)cc(C)nc2n1Cc1ccc2c(Cl)c(C(=O)O)sc2c1. The van der Waals surface area contributed by atoms with E-state index < -0.39 is 5.97 Å². The van der Waals surface area contributed by atoms with E-state index in [-0.39, 0.29) is 4.88 Å². The number of nitrogens with zero attached hydrogens (tertiary/aromatic N) is 3. The van der Waals surface area contributed by atoms with Crippen LogP contribution in [0, 0.1) is 13.8 Å². The maximum atomic E-state index is 11.3. The van der Waals surface area contributed by atoms with Crippen LogP contribution in [0.1, 0.15) is 39.2 Å². The number of hydrogen-bond acceptors (Lipinski definition) is 4. The number of pyridine rings is 1. The van der Waals surface area contributed by atoms with Crippen LogP contribution in [0.15, 0.2) is 24.3 Å². The average Bonchev–Trinajstić information content (AvgIpc) is 3.13. The fourth-order valence-electron chi connectivity index (χ4n) is 3.41. The number of thiophene rings is 1. The first-order chi connectivity index (χ1) is 12.9. The molecular weight excluding hydrogens is 382 g/mol. The lowest BCUT2D eigenvalue weighted by atomic mass is 10.1.